The monoisotopic (exact) mass is 258 g/mol. The van der Waals surface area contributed by atoms with Crippen molar-refractivity contribution >= 4 is 12.0 Å². The first kappa shape index (κ1) is 16.7. The number of rotatable bonds is 8. The number of urea groups is 1. The summed E-state index contributed by atoms with van der Waals surface area (Å²) in [4.78, 5) is 23.0. The standard InChI is InChI=1S/C13H26N2O3/c1-5-6-7-8-9-14-13(17)15-11(10(2)3)12(16)18-4/h10-11H,5-9H2,1-4H3,(H2,14,15,17). The van der Waals surface area contributed by atoms with Crippen molar-refractivity contribution in [2.24, 2.45) is 5.92 Å². The summed E-state index contributed by atoms with van der Waals surface area (Å²) in [7, 11) is 1.32. The van der Waals surface area contributed by atoms with Crippen LogP contribution in [0.2, 0.25) is 0 Å². The van der Waals surface area contributed by atoms with Gasteiger partial charge in [-0.05, 0) is 12.3 Å². The summed E-state index contributed by atoms with van der Waals surface area (Å²) < 4.78 is 4.65. The second-order valence-electron chi connectivity index (χ2n) is 4.71. The van der Waals surface area contributed by atoms with Crippen LogP contribution in [0, 0.1) is 5.92 Å². The fourth-order valence-corrected chi connectivity index (χ4v) is 1.57. The summed E-state index contributed by atoms with van der Waals surface area (Å²) in [6.45, 7) is 6.51. The average molecular weight is 258 g/mol. The fraction of sp³-hybridized carbons (Fsp3) is 0.846. The van der Waals surface area contributed by atoms with Crippen molar-refractivity contribution in [2.45, 2.75) is 52.5 Å². The minimum atomic E-state index is -0.592. The van der Waals surface area contributed by atoms with Crippen LogP contribution in [-0.4, -0.2) is 31.7 Å². The van der Waals surface area contributed by atoms with E-state index in [0.29, 0.717) is 6.54 Å². The lowest BCUT2D eigenvalue weighted by molar-refractivity contribution is -0.143. The van der Waals surface area contributed by atoms with Crippen LogP contribution in [0.4, 0.5) is 4.79 Å². The Balaban J connectivity index is 3.92. The lowest BCUT2D eigenvalue weighted by atomic mass is 10.1. The Morgan fingerprint density at radius 1 is 1.17 bits per heavy atom. The van der Waals surface area contributed by atoms with E-state index in [4.69, 9.17) is 0 Å². The van der Waals surface area contributed by atoms with E-state index in [2.05, 4.69) is 22.3 Å². The first-order chi connectivity index (χ1) is 8.52. The van der Waals surface area contributed by atoms with E-state index in [1.165, 1.54) is 20.0 Å². The van der Waals surface area contributed by atoms with Crippen molar-refractivity contribution < 1.29 is 14.3 Å². The van der Waals surface area contributed by atoms with Gasteiger partial charge in [0.05, 0.1) is 7.11 Å². The molecule has 2 amide bonds. The Kier molecular flexibility index (Phi) is 9.06. The number of nitrogens with one attached hydrogen (secondary N) is 2. The lowest BCUT2D eigenvalue weighted by Crippen LogP contribution is -2.49. The van der Waals surface area contributed by atoms with Gasteiger partial charge in [0.15, 0.2) is 0 Å². The molecule has 1 unspecified atom stereocenters. The molecule has 0 fully saturated rings. The fourth-order valence-electron chi connectivity index (χ4n) is 1.57. The van der Waals surface area contributed by atoms with E-state index in [1.807, 2.05) is 13.8 Å². The summed E-state index contributed by atoms with van der Waals surface area (Å²) in [6.07, 6.45) is 4.43. The zero-order chi connectivity index (χ0) is 14.0. The van der Waals surface area contributed by atoms with Crippen LogP contribution in [0.15, 0.2) is 0 Å². The van der Waals surface area contributed by atoms with Crippen molar-refractivity contribution in [3.8, 4) is 0 Å². The van der Waals surface area contributed by atoms with E-state index in [1.54, 1.807) is 0 Å². The number of amides is 2. The van der Waals surface area contributed by atoms with E-state index >= 15 is 0 Å². The third kappa shape index (κ3) is 7.14. The Bertz CT molecular complexity index is 255. The molecule has 0 spiro atoms. The summed E-state index contributed by atoms with van der Waals surface area (Å²) in [5.41, 5.74) is 0. The second-order valence-corrected chi connectivity index (χ2v) is 4.71. The molecule has 0 bridgehead atoms. The smallest absolute Gasteiger partial charge is 0.328 e. The zero-order valence-corrected chi connectivity index (χ0v) is 11.9. The first-order valence-electron chi connectivity index (χ1n) is 6.65. The molecule has 0 aromatic carbocycles. The van der Waals surface area contributed by atoms with Crippen molar-refractivity contribution in [1.29, 1.82) is 0 Å². The predicted molar refractivity (Wildman–Crippen MR) is 71.3 cm³/mol. The van der Waals surface area contributed by atoms with E-state index in [9.17, 15) is 9.59 Å². The SMILES string of the molecule is CCCCCCNC(=O)NC(C(=O)OC)C(C)C. The molecule has 5 heteroatoms. The van der Waals surface area contributed by atoms with Crippen LogP contribution < -0.4 is 10.6 Å². The van der Waals surface area contributed by atoms with Gasteiger partial charge in [-0.25, -0.2) is 9.59 Å². The third-order valence-corrected chi connectivity index (χ3v) is 2.72. The molecular formula is C13H26N2O3. The van der Waals surface area contributed by atoms with E-state index < -0.39 is 12.0 Å². The number of esters is 1. The van der Waals surface area contributed by atoms with Gasteiger partial charge < -0.3 is 15.4 Å². The normalized spacial score (nSPS) is 12.1. The Morgan fingerprint density at radius 3 is 2.33 bits per heavy atom. The number of unbranched alkanes of at least 4 members (excludes halogenated alkanes) is 3. The Labute approximate surface area is 110 Å². The number of hydrogen-bond acceptors (Lipinski definition) is 3. The van der Waals surface area contributed by atoms with Crippen molar-refractivity contribution in [2.75, 3.05) is 13.7 Å². The molecule has 18 heavy (non-hydrogen) atoms. The molecule has 2 N–H and O–H groups in total. The highest BCUT2D eigenvalue weighted by Crippen LogP contribution is 2.03. The van der Waals surface area contributed by atoms with Gasteiger partial charge in [-0.3, -0.25) is 0 Å². The molecule has 0 saturated carbocycles. The van der Waals surface area contributed by atoms with Crippen molar-refractivity contribution in [1.82, 2.24) is 10.6 Å². The molecule has 0 rings (SSSR count). The van der Waals surface area contributed by atoms with Crippen LogP contribution in [0.3, 0.4) is 0 Å². The van der Waals surface area contributed by atoms with Gasteiger partial charge in [0, 0.05) is 6.54 Å². The van der Waals surface area contributed by atoms with Gasteiger partial charge in [-0.2, -0.15) is 0 Å². The highest BCUT2D eigenvalue weighted by Gasteiger charge is 2.24. The van der Waals surface area contributed by atoms with Gasteiger partial charge in [-0.15, -0.1) is 0 Å². The van der Waals surface area contributed by atoms with Crippen LogP contribution >= 0.6 is 0 Å². The van der Waals surface area contributed by atoms with Crippen LogP contribution in [0.1, 0.15) is 46.5 Å². The third-order valence-electron chi connectivity index (χ3n) is 2.72. The average Bonchev–Trinajstić information content (AvgIpc) is 2.34. The lowest BCUT2D eigenvalue weighted by Gasteiger charge is -2.20. The minimum absolute atomic E-state index is 0.00305. The number of ether oxygens (including phenoxy) is 1. The summed E-state index contributed by atoms with van der Waals surface area (Å²) in [5.74, 6) is -0.408. The number of hydrogen-bond donors (Lipinski definition) is 2. The Hall–Kier alpha value is -1.26. The molecule has 0 radical (unpaired) electrons. The minimum Gasteiger partial charge on any atom is -0.467 e. The van der Waals surface area contributed by atoms with Crippen LogP contribution in [0.25, 0.3) is 0 Å². The molecule has 5 nitrogen and oxygen atoms in total. The van der Waals surface area contributed by atoms with Crippen LogP contribution in [0.5, 0.6) is 0 Å². The molecule has 0 aromatic heterocycles. The quantitative estimate of drug-likeness (QED) is 0.517. The maximum absolute atomic E-state index is 11.6. The zero-order valence-electron chi connectivity index (χ0n) is 11.9. The maximum Gasteiger partial charge on any atom is 0.328 e. The van der Waals surface area contributed by atoms with Crippen molar-refractivity contribution in [3.05, 3.63) is 0 Å². The van der Waals surface area contributed by atoms with Gasteiger partial charge in [-0.1, -0.05) is 40.0 Å². The predicted octanol–water partition coefficient (Wildman–Crippen LogP) is 2.06. The van der Waals surface area contributed by atoms with E-state index in [-0.39, 0.29) is 11.9 Å². The Morgan fingerprint density at radius 2 is 1.83 bits per heavy atom. The number of methoxy groups -OCH3 is 1. The molecule has 106 valence electrons. The molecule has 0 aliphatic rings. The summed E-state index contributed by atoms with van der Waals surface area (Å²) >= 11 is 0. The molecule has 0 aliphatic heterocycles. The molecular weight excluding hydrogens is 232 g/mol. The second kappa shape index (κ2) is 9.74. The van der Waals surface area contributed by atoms with Gasteiger partial charge >= 0.3 is 12.0 Å². The highest BCUT2D eigenvalue weighted by atomic mass is 16.5. The molecule has 0 saturated heterocycles. The topological polar surface area (TPSA) is 67.4 Å². The van der Waals surface area contributed by atoms with Gasteiger partial charge in [0.25, 0.3) is 0 Å². The molecule has 0 heterocycles. The van der Waals surface area contributed by atoms with Crippen LogP contribution in [-0.2, 0) is 9.53 Å². The van der Waals surface area contributed by atoms with Gasteiger partial charge in [0.1, 0.15) is 6.04 Å². The largest absolute Gasteiger partial charge is 0.467 e. The maximum atomic E-state index is 11.6. The molecule has 0 aromatic rings. The molecule has 1 atom stereocenters. The summed E-state index contributed by atoms with van der Waals surface area (Å²) in [5, 5.41) is 5.38. The summed E-state index contributed by atoms with van der Waals surface area (Å²) in [6, 6.07) is -0.902. The first-order valence-corrected chi connectivity index (χ1v) is 6.65. The van der Waals surface area contributed by atoms with Crippen molar-refractivity contribution in [3.63, 3.8) is 0 Å². The highest BCUT2D eigenvalue weighted by molar-refractivity contribution is 5.83. The van der Waals surface area contributed by atoms with Gasteiger partial charge in [0.2, 0.25) is 0 Å². The number of carbonyl (C=O) groups is 2. The molecule has 0 aliphatic carbocycles. The van der Waals surface area contributed by atoms with E-state index in [0.717, 1.165) is 12.8 Å². The number of carbonyl (C=O) groups excluding carboxylic acids is 2.